The molecule has 3 heteroatoms. The third kappa shape index (κ3) is 3.98. The number of nitrogens with zero attached hydrogens (tertiary/aromatic N) is 1. The molecule has 0 aliphatic rings. The van der Waals surface area contributed by atoms with Gasteiger partial charge < -0.3 is 10.1 Å². The van der Waals surface area contributed by atoms with Crippen LogP contribution in [0.5, 0.6) is 0 Å². The van der Waals surface area contributed by atoms with Gasteiger partial charge in [-0.3, -0.25) is 4.98 Å². The molecule has 0 aromatic carbocycles. The maximum absolute atomic E-state index is 5.05. The van der Waals surface area contributed by atoms with E-state index in [1.165, 1.54) is 11.1 Å². The van der Waals surface area contributed by atoms with Gasteiger partial charge in [0.15, 0.2) is 0 Å². The second-order valence-corrected chi connectivity index (χ2v) is 3.77. The fourth-order valence-electron chi connectivity index (χ4n) is 1.68. The van der Waals surface area contributed by atoms with Crippen molar-refractivity contribution < 1.29 is 4.74 Å². The summed E-state index contributed by atoms with van der Waals surface area (Å²) in [5, 5.41) is 3.31. The van der Waals surface area contributed by atoms with Gasteiger partial charge in [-0.05, 0) is 37.9 Å². The molecule has 0 spiro atoms. The Hall–Kier alpha value is -0.930. The predicted molar refractivity (Wildman–Crippen MR) is 61.9 cm³/mol. The zero-order chi connectivity index (χ0) is 11.1. The predicted octanol–water partition coefficient (Wildman–Crippen LogP) is 2.08. The summed E-state index contributed by atoms with van der Waals surface area (Å²) in [6, 6.07) is 2.56. The number of ether oxygens (including phenoxy) is 1. The SMILES string of the molecule is CNC(CCCOC)c1cncc(C)c1. The van der Waals surface area contributed by atoms with Crippen LogP contribution in [0.4, 0.5) is 0 Å². The fourth-order valence-corrected chi connectivity index (χ4v) is 1.68. The average Bonchev–Trinajstić information content (AvgIpc) is 2.24. The van der Waals surface area contributed by atoms with Crippen molar-refractivity contribution in [2.75, 3.05) is 20.8 Å². The topological polar surface area (TPSA) is 34.1 Å². The minimum absolute atomic E-state index is 0.382. The average molecular weight is 208 g/mol. The highest BCUT2D eigenvalue weighted by molar-refractivity contribution is 5.19. The molecule has 0 amide bonds. The van der Waals surface area contributed by atoms with Gasteiger partial charge in [-0.15, -0.1) is 0 Å². The zero-order valence-electron chi connectivity index (χ0n) is 9.79. The molecule has 1 unspecified atom stereocenters. The smallest absolute Gasteiger partial charge is 0.0462 e. The molecule has 0 bridgehead atoms. The lowest BCUT2D eigenvalue weighted by atomic mass is 10.0. The molecular formula is C12H20N2O. The van der Waals surface area contributed by atoms with Crippen molar-refractivity contribution in [2.45, 2.75) is 25.8 Å². The van der Waals surface area contributed by atoms with E-state index < -0.39 is 0 Å². The van der Waals surface area contributed by atoms with Gasteiger partial charge in [0.2, 0.25) is 0 Å². The number of hydrogen-bond donors (Lipinski definition) is 1. The van der Waals surface area contributed by atoms with Crippen molar-refractivity contribution in [3.63, 3.8) is 0 Å². The molecule has 0 saturated heterocycles. The highest BCUT2D eigenvalue weighted by Crippen LogP contribution is 2.17. The molecule has 0 aliphatic carbocycles. The molecule has 1 atom stereocenters. The first kappa shape index (κ1) is 12.1. The van der Waals surface area contributed by atoms with Gasteiger partial charge in [0.25, 0.3) is 0 Å². The monoisotopic (exact) mass is 208 g/mol. The van der Waals surface area contributed by atoms with Crippen LogP contribution in [0.2, 0.25) is 0 Å². The van der Waals surface area contributed by atoms with E-state index in [9.17, 15) is 0 Å². The van der Waals surface area contributed by atoms with Crippen molar-refractivity contribution in [1.29, 1.82) is 0 Å². The summed E-state index contributed by atoms with van der Waals surface area (Å²) in [6.07, 6.45) is 5.96. The van der Waals surface area contributed by atoms with Crippen molar-refractivity contribution in [3.8, 4) is 0 Å². The molecule has 0 fully saturated rings. The maximum atomic E-state index is 5.05. The van der Waals surface area contributed by atoms with Gasteiger partial charge in [0.1, 0.15) is 0 Å². The Morgan fingerprint density at radius 2 is 2.27 bits per heavy atom. The van der Waals surface area contributed by atoms with Crippen LogP contribution in [0.1, 0.15) is 30.0 Å². The van der Waals surface area contributed by atoms with Gasteiger partial charge in [-0.1, -0.05) is 6.07 Å². The molecule has 0 aliphatic heterocycles. The number of hydrogen-bond acceptors (Lipinski definition) is 3. The molecule has 0 radical (unpaired) electrons. The standard InChI is InChI=1S/C12H20N2O/c1-10-7-11(9-14-8-10)12(13-2)5-4-6-15-3/h7-9,12-13H,4-6H2,1-3H3. The van der Waals surface area contributed by atoms with Gasteiger partial charge in [-0.25, -0.2) is 0 Å². The number of methoxy groups -OCH3 is 1. The Bertz CT molecular complexity index is 289. The quantitative estimate of drug-likeness (QED) is 0.727. The first-order valence-corrected chi connectivity index (χ1v) is 5.35. The number of aromatic nitrogens is 1. The molecule has 84 valence electrons. The number of pyridine rings is 1. The first-order chi connectivity index (χ1) is 7.27. The van der Waals surface area contributed by atoms with Crippen molar-refractivity contribution in [1.82, 2.24) is 10.3 Å². The van der Waals surface area contributed by atoms with E-state index in [2.05, 4.69) is 23.3 Å². The van der Waals surface area contributed by atoms with Crippen LogP contribution >= 0.6 is 0 Å². The zero-order valence-corrected chi connectivity index (χ0v) is 9.79. The molecule has 1 aromatic rings. The number of aryl methyl sites for hydroxylation is 1. The molecule has 1 heterocycles. The minimum Gasteiger partial charge on any atom is -0.385 e. The van der Waals surface area contributed by atoms with Crippen LogP contribution in [0.15, 0.2) is 18.5 Å². The van der Waals surface area contributed by atoms with E-state index in [0.29, 0.717) is 6.04 Å². The number of nitrogens with one attached hydrogen (secondary N) is 1. The summed E-state index contributed by atoms with van der Waals surface area (Å²) in [7, 11) is 3.72. The molecule has 0 saturated carbocycles. The molecular weight excluding hydrogens is 188 g/mol. The van der Waals surface area contributed by atoms with Crippen molar-refractivity contribution in [2.24, 2.45) is 0 Å². The Morgan fingerprint density at radius 1 is 1.47 bits per heavy atom. The molecule has 1 N–H and O–H groups in total. The fraction of sp³-hybridized carbons (Fsp3) is 0.583. The van der Waals surface area contributed by atoms with E-state index in [0.717, 1.165) is 19.4 Å². The second kappa shape index (κ2) is 6.53. The molecule has 1 rings (SSSR count). The highest BCUT2D eigenvalue weighted by atomic mass is 16.5. The highest BCUT2D eigenvalue weighted by Gasteiger charge is 2.08. The van der Waals surface area contributed by atoms with Crippen LogP contribution in [-0.2, 0) is 4.74 Å². The lowest BCUT2D eigenvalue weighted by Gasteiger charge is -2.16. The summed E-state index contributed by atoms with van der Waals surface area (Å²) in [5.41, 5.74) is 2.47. The Balaban J connectivity index is 2.57. The van der Waals surface area contributed by atoms with Crippen molar-refractivity contribution in [3.05, 3.63) is 29.6 Å². The summed E-state index contributed by atoms with van der Waals surface area (Å²) in [6.45, 7) is 2.88. The van der Waals surface area contributed by atoms with E-state index in [-0.39, 0.29) is 0 Å². The first-order valence-electron chi connectivity index (χ1n) is 5.35. The van der Waals surface area contributed by atoms with Crippen LogP contribution in [0, 0.1) is 6.92 Å². The summed E-state index contributed by atoms with van der Waals surface area (Å²) in [4.78, 5) is 4.21. The van der Waals surface area contributed by atoms with E-state index >= 15 is 0 Å². The van der Waals surface area contributed by atoms with Crippen LogP contribution in [-0.4, -0.2) is 25.7 Å². The Labute approximate surface area is 91.9 Å². The van der Waals surface area contributed by atoms with Crippen LogP contribution < -0.4 is 5.32 Å². The lowest BCUT2D eigenvalue weighted by Crippen LogP contribution is -2.17. The van der Waals surface area contributed by atoms with Gasteiger partial charge >= 0.3 is 0 Å². The lowest BCUT2D eigenvalue weighted by molar-refractivity contribution is 0.189. The molecule has 1 aromatic heterocycles. The maximum Gasteiger partial charge on any atom is 0.0462 e. The normalized spacial score (nSPS) is 12.7. The van der Waals surface area contributed by atoms with E-state index in [1.807, 2.05) is 19.4 Å². The van der Waals surface area contributed by atoms with Crippen LogP contribution in [0.25, 0.3) is 0 Å². The van der Waals surface area contributed by atoms with Crippen LogP contribution in [0.3, 0.4) is 0 Å². The second-order valence-electron chi connectivity index (χ2n) is 3.77. The van der Waals surface area contributed by atoms with Gasteiger partial charge in [-0.2, -0.15) is 0 Å². The number of rotatable bonds is 6. The largest absolute Gasteiger partial charge is 0.385 e. The van der Waals surface area contributed by atoms with Gasteiger partial charge in [0, 0.05) is 32.2 Å². The third-order valence-corrected chi connectivity index (χ3v) is 2.49. The van der Waals surface area contributed by atoms with E-state index in [1.54, 1.807) is 7.11 Å². The van der Waals surface area contributed by atoms with E-state index in [4.69, 9.17) is 4.74 Å². The van der Waals surface area contributed by atoms with Gasteiger partial charge in [0.05, 0.1) is 0 Å². The molecule has 15 heavy (non-hydrogen) atoms. The third-order valence-electron chi connectivity index (χ3n) is 2.49. The summed E-state index contributed by atoms with van der Waals surface area (Å²) >= 11 is 0. The summed E-state index contributed by atoms with van der Waals surface area (Å²) in [5.74, 6) is 0. The molecule has 3 nitrogen and oxygen atoms in total. The Morgan fingerprint density at radius 3 is 2.87 bits per heavy atom. The van der Waals surface area contributed by atoms with Crippen molar-refractivity contribution >= 4 is 0 Å². The summed E-state index contributed by atoms with van der Waals surface area (Å²) < 4.78 is 5.05. The Kier molecular flexibility index (Phi) is 5.29. The minimum atomic E-state index is 0.382.